The van der Waals surface area contributed by atoms with Crippen molar-refractivity contribution >= 4 is 62.8 Å². The zero-order valence-corrected chi connectivity index (χ0v) is 13.0. The van der Waals surface area contributed by atoms with Crippen LogP contribution in [0.25, 0.3) is 0 Å². The fraction of sp³-hybridized carbons (Fsp3) is 0. The molecule has 36 valence electrons. The van der Waals surface area contributed by atoms with E-state index in [0.717, 1.165) is 0 Å². The summed E-state index contributed by atoms with van der Waals surface area (Å²) in [6.45, 7) is 0. The van der Waals surface area contributed by atoms with Crippen molar-refractivity contribution in [3.05, 3.63) is 0 Å². The van der Waals surface area contributed by atoms with E-state index in [1.54, 1.807) is 0 Å². The molecule has 0 spiro atoms. The predicted molar refractivity (Wildman–Crippen MR) is 22.6 cm³/mol. The second-order valence-corrected chi connectivity index (χ2v) is 6.29. The van der Waals surface area contributed by atoms with Crippen LogP contribution in [-0.2, 0) is 14.7 Å². The first kappa shape index (κ1) is 8.71. The van der Waals surface area contributed by atoms with E-state index < -0.39 is 10.4 Å². The van der Waals surface area contributed by atoms with Crippen LogP contribution in [0.4, 0.5) is 0 Å². The molecule has 0 unspecified atom stereocenters. The van der Waals surface area contributed by atoms with Gasteiger partial charge in [0.15, 0.2) is 0 Å². The maximum atomic E-state index is 10.0. The maximum absolute atomic E-state index is 10.0. The van der Waals surface area contributed by atoms with Gasteiger partial charge in [-0.1, -0.05) is 0 Å². The van der Waals surface area contributed by atoms with Crippen molar-refractivity contribution in [2.45, 2.75) is 0 Å². The monoisotopic (exact) mass is 506 g/mol. The Hall–Kier alpha value is 1.71. The van der Waals surface area contributed by atoms with E-state index in [1.807, 2.05) is 0 Å². The molecular formula is O4STl2. The summed E-state index contributed by atoms with van der Waals surface area (Å²) in [6.07, 6.45) is 0. The van der Waals surface area contributed by atoms with E-state index in [4.69, 9.17) is 0 Å². The Balaban J connectivity index is 3.89. The zero-order chi connectivity index (χ0) is 5.91. The van der Waals surface area contributed by atoms with E-state index in [0.29, 0.717) is 0 Å². The third-order valence-electron chi connectivity index (χ3n) is 0.236. The van der Waals surface area contributed by atoms with Crippen LogP contribution < -0.4 is 0 Å². The van der Waals surface area contributed by atoms with Crippen LogP contribution in [0, 0.1) is 0 Å². The minimum absolute atomic E-state index is 0.00579. The molecule has 7 heavy (non-hydrogen) atoms. The van der Waals surface area contributed by atoms with E-state index in [9.17, 15) is 8.42 Å². The predicted octanol–water partition coefficient (Wildman–Crippen LogP) is -1.57. The molecule has 0 fully saturated rings. The quantitative estimate of drug-likeness (QED) is 0.427. The van der Waals surface area contributed by atoms with Crippen molar-refractivity contribution in [1.82, 2.24) is 0 Å². The summed E-state index contributed by atoms with van der Waals surface area (Å²) in [7, 11) is -3.51. The Morgan fingerprint density at radius 3 is 1.43 bits per heavy atom. The molecule has 0 aliphatic heterocycles. The Morgan fingerprint density at radius 1 is 1.14 bits per heavy atom. The third kappa shape index (κ3) is 4.23. The molecule has 0 N–H and O–H groups in total. The minimum atomic E-state index is -3.51. The second kappa shape index (κ2) is 3.69. The Bertz CT molecular complexity index is 113. The third-order valence-corrected chi connectivity index (χ3v) is 6.20. The van der Waals surface area contributed by atoms with Crippen LogP contribution in [0.2, 0.25) is 0 Å². The van der Waals surface area contributed by atoms with E-state index in [-0.39, 0.29) is 52.4 Å². The molecule has 0 saturated carbocycles. The van der Waals surface area contributed by atoms with Gasteiger partial charge in [0.05, 0.1) is 0 Å². The summed E-state index contributed by atoms with van der Waals surface area (Å²) in [5.41, 5.74) is 0. The van der Waals surface area contributed by atoms with Gasteiger partial charge in [-0.3, -0.25) is 0 Å². The number of rotatable bonds is 2. The molecule has 0 bridgehead atoms. The summed E-state index contributed by atoms with van der Waals surface area (Å²) >= 11 is -0.0116. The topological polar surface area (TPSA) is 52.6 Å². The summed E-state index contributed by atoms with van der Waals surface area (Å²) in [4.78, 5) is 0. The average Bonchev–Trinajstić information content (AvgIpc) is 1.68. The molecule has 0 aliphatic carbocycles. The molecule has 0 atom stereocenters. The fourth-order valence-electron chi connectivity index (χ4n) is 0.0227. The van der Waals surface area contributed by atoms with Crippen molar-refractivity contribution in [2.75, 3.05) is 0 Å². The van der Waals surface area contributed by atoms with Gasteiger partial charge in [0, 0.05) is 0 Å². The van der Waals surface area contributed by atoms with Gasteiger partial charge in [-0.25, -0.2) is 0 Å². The van der Waals surface area contributed by atoms with Gasteiger partial charge in [-0.05, 0) is 0 Å². The fourth-order valence-corrected chi connectivity index (χ4v) is 5.24. The molecule has 0 aliphatic rings. The van der Waals surface area contributed by atoms with Crippen LogP contribution in [0.1, 0.15) is 0 Å². The van der Waals surface area contributed by atoms with Crippen molar-refractivity contribution in [2.24, 2.45) is 0 Å². The summed E-state index contributed by atoms with van der Waals surface area (Å²) in [5.74, 6) is 0. The van der Waals surface area contributed by atoms with Crippen LogP contribution in [0.5, 0.6) is 0 Å². The van der Waals surface area contributed by atoms with Crippen molar-refractivity contribution in [3.8, 4) is 0 Å². The Labute approximate surface area is 74.6 Å². The van der Waals surface area contributed by atoms with Crippen LogP contribution >= 0.6 is 0 Å². The van der Waals surface area contributed by atoms with E-state index >= 15 is 0 Å². The molecule has 4 nitrogen and oxygen atoms in total. The average molecular weight is 505 g/mol. The molecule has 0 saturated heterocycles. The summed E-state index contributed by atoms with van der Waals surface area (Å²) in [5, 5.41) is 0. The van der Waals surface area contributed by atoms with Gasteiger partial charge in [-0.2, -0.15) is 0 Å². The number of hydrogen-bond donors (Lipinski definition) is 0. The molecular weight excluding hydrogens is 505 g/mol. The number of hydrogen-bond acceptors (Lipinski definition) is 4. The SMILES string of the molecule is O=S(=O)([O][Tl])[O][Tl]. The molecule has 0 aromatic carbocycles. The molecule has 0 rings (SSSR count). The first-order valence-corrected chi connectivity index (χ1v) is 6.14. The molecule has 0 radical (unpaired) electrons. The first-order valence-electron chi connectivity index (χ1n) is 1.14. The molecule has 0 amide bonds. The normalized spacial score (nSPS) is 11.1. The van der Waals surface area contributed by atoms with Gasteiger partial charge in [0.2, 0.25) is 0 Å². The van der Waals surface area contributed by atoms with Gasteiger partial charge in [-0.15, -0.1) is 0 Å². The van der Waals surface area contributed by atoms with E-state index in [2.05, 4.69) is 4.27 Å². The van der Waals surface area contributed by atoms with Gasteiger partial charge < -0.3 is 0 Å². The van der Waals surface area contributed by atoms with Gasteiger partial charge in [0.25, 0.3) is 0 Å². The van der Waals surface area contributed by atoms with Gasteiger partial charge >= 0.3 is 75.5 Å². The van der Waals surface area contributed by atoms with Crippen LogP contribution in [0.3, 0.4) is 0 Å². The molecule has 7 heteroatoms. The first-order chi connectivity index (χ1) is 3.12. The van der Waals surface area contributed by atoms with Crippen molar-refractivity contribution in [1.29, 1.82) is 0 Å². The molecule has 0 aromatic rings. The van der Waals surface area contributed by atoms with Crippen molar-refractivity contribution in [3.63, 3.8) is 0 Å². The van der Waals surface area contributed by atoms with Gasteiger partial charge in [0.1, 0.15) is 0 Å². The molecule has 0 aromatic heterocycles. The zero-order valence-electron chi connectivity index (χ0n) is 3.20. The Kier molecular flexibility index (Phi) is 4.59. The standard InChI is InChI=1S/H2O4S.2Tl/c1-5(2,3)4;;/h(H2,1,2,3,4);;/q;2*+1/p-2. The summed E-state index contributed by atoms with van der Waals surface area (Å²) in [6, 6.07) is 0. The van der Waals surface area contributed by atoms with Crippen LogP contribution in [0.15, 0.2) is 0 Å². The second-order valence-electron chi connectivity index (χ2n) is 0.601. The van der Waals surface area contributed by atoms with E-state index in [1.165, 1.54) is 0 Å². The molecule has 0 heterocycles. The van der Waals surface area contributed by atoms with Crippen LogP contribution in [-0.4, -0.2) is 60.9 Å². The summed E-state index contributed by atoms with van der Waals surface area (Å²) < 4.78 is 28.1. The van der Waals surface area contributed by atoms with Crippen molar-refractivity contribution < 1.29 is 12.7 Å². The Morgan fingerprint density at radius 2 is 1.43 bits per heavy atom.